The highest BCUT2D eigenvalue weighted by atomic mass is 16.6. The van der Waals surface area contributed by atoms with Crippen molar-refractivity contribution < 1.29 is 14.3 Å². The molecule has 9 nitrogen and oxygen atoms in total. The quantitative estimate of drug-likeness (QED) is 0.296. The van der Waals surface area contributed by atoms with E-state index in [-0.39, 0.29) is 12.5 Å². The molecule has 0 unspecified atom stereocenters. The van der Waals surface area contributed by atoms with Crippen molar-refractivity contribution in [3.8, 4) is 11.5 Å². The Kier molecular flexibility index (Phi) is 7.13. The Morgan fingerprint density at radius 2 is 1.48 bits per heavy atom. The highest BCUT2D eigenvalue weighted by Gasteiger charge is 2.33. The predicted octanol–water partition coefficient (Wildman–Crippen LogP) is 4.15. The molecule has 0 bridgehead atoms. The molecule has 1 atom stereocenters. The fraction of sp³-hybridized carbons (Fsp3) is 0.273. The fourth-order valence-corrected chi connectivity index (χ4v) is 5.59. The smallest absolute Gasteiger partial charge is 0.267 e. The first kappa shape index (κ1) is 26.0. The average molecular weight is 561 g/mol. The minimum atomic E-state index is -0.641. The summed E-state index contributed by atoms with van der Waals surface area (Å²) in [7, 11) is 0. The molecule has 2 aliphatic rings. The number of amides is 1. The molecule has 0 aliphatic carbocycles. The molecule has 212 valence electrons. The highest BCUT2D eigenvalue weighted by Crippen LogP contribution is 2.32. The van der Waals surface area contributed by atoms with Crippen LogP contribution in [0.15, 0.2) is 91.1 Å². The van der Waals surface area contributed by atoms with Crippen LogP contribution in [0.5, 0.6) is 11.5 Å². The van der Waals surface area contributed by atoms with Crippen molar-refractivity contribution >= 4 is 22.8 Å². The Balaban J connectivity index is 1.11. The zero-order valence-electron chi connectivity index (χ0n) is 23.3. The number of aromatic nitrogens is 4. The van der Waals surface area contributed by atoms with Gasteiger partial charge in [-0.1, -0.05) is 72.8 Å². The Bertz CT molecular complexity index is 1680. The Hall–Kier alpha value is -4.92. The van der Waals surface area contributed by atoms with Gasteiger partial charge >= 0.3 is 0 Å². The summed E-state index contributed by atoms with van der Waals surface area (Å²) < 4.78 is 13.7. The fourth-order valence-electron chi connectivity index (χ4n) is 5.59. The number of para-hydroxylation sites is 2. The second-order valence-corrected chi connectivity index (χ2v) is 10.7. The standard InChI is InChI=1S/C33H32N6O3/c40-33(29-23-41-27-13-7-8-14-28(27)42-29)38-19-17-37(18-20-38)31-26-21-34-39(22-25-11-5-2-6-12-25)32(26)36-30(35-31)16-15-24-9-3-1-4-10-24/h1-14,21,29H,15-20,22-23H2/t29-/m1/s1. The lowest BCUT2D eigenvalue weighted by atomic mass is 10.1. The number of ether oxygens (including phenoxy) is 2. The molecule has 1 amide bonds. The molecule has 42 heavy (non-hydrogen) atoms. The molecular formula is C33H32N6O3. The topological polar surface area (TPSA) is 85.6 Å². The number of piperazine rings is 1. The van der Waals surface area contributed by atoms with Crippen LogP contribution in [0, 0.1) is 0 Å². The van der Waals surface area contributed by atoms with Gasteiger partial charge < -0.3 is 19.3 Å². The van der Waals surface area contributed by atoms with Gasteiger partial charge in [-0.25, -0.2) is 14.6 Å². The molecule has 0 saturated carbocycles. The summed E-state index contributed by atoms with van der Waals surface area (Å²) in [5, 5.41) is 5.65. The summed E-state index contributed by atoms with van der Waals surface area (Å²) in [6.07, 6.45) is 2.81. The van der Waals surface area contributed by atoms with Gasteiger partial charge in [0.15, 0.2) is 17.1 Å². The maximum atomic E-state index is 13.3. The van der Waals surface area contributed by atoms with Crippen molar-refractivity contribution in [2.75, 3.05) is 37.7 Å². The van der Waals surface area contributed by atoms with Gasteiger partial charge in [-0.05, 0) is 29.7 Å². The number of carbonyl (C=O) groups is 1. The van der Waals surface area contributed by atoms with Gasteiger partial charge in [-0.15, -0.1) is 0 Å². The molecule has 0 spiro atoms. The molecule has 5 aromatic rings. The molecule has 0 radical (unpaired) electrons. The normalized spacial score (nSPS) is 16.5. The summed E-state index contributed by atoms with van der Waals surface area (Å²) in [6.45, 7) is 3.31. The predicted molar refractivity (Wildman–Crippen MR) is 160 cm³/mol. The van der Waals surface area contributed by atoms with Crippen LogP contribution in [0.4, 0.5) is 5.82 Å². The van der Waals surface area contributed by atoms with E-state index in [1.807, 2.05) is 64.3 Å². The zero-order valence-corrected chi connectivity index (χ0v) is 23.3. The third-order valence-corrected chi connectivity index (χ3v) is 7.85. The first-order chi connectivity index (χ1) is 20.7. The van der Waals surface area contributed by atoms with Crippen molar-refractivity contribution in [3.05, 3.63) is 108 Å². The summed E-state index contributed by atoms with van der Waals surface area (Å²) >= 11 is 0. The summed E-state index contributed by atoms with van der Waals surface area (Å²) in [4.78, 5) is 27.5. The van der Waals surface area contributed by atoms with Crippen molar-refractivity contribution in [3.63, 3.8) is 0 Å². The van der Waals surface area contributed by atoms with E-state index in [0.717, 1.165) is 41.1 Å². The number of benzene rings is 3. The molecular weight excluding hydrogens is 528 g/mol. The number of aryl methyl sites for hydroxylation is 2. The monoisotopic (exact) mass is 560 g/mol. The number of carbonyl (C=O) groups excluding carboxylic acids is 1. The minimum absolute atomic E-state index is 0.0452. The number of rotatable bonds is 7. The van der Waals surface area contributed by atoms with Crippen LogP contribution in [-0.4, -0.2) is 69.4 Å². The van der Waals surface area contributed by atoms with E-state index in [4.69, 9.17) is 24.5 Å². The average Bonchev–Trinajstić information content (AvgIpc) is 3.46. The molecule has 2 aromatic heterocycles. The van der Waals surface area contributed by atoms with Crippen molar-refractivity contribution in [1.29, 1.82) is 0 Å². The molecule has 2 aliphatic heterocycles. The number of hydrogen-bond donors (Lipinski definition) is 0. The molecule has 1 saturated heterocycles. The van der Waals surface area contributed by atoms with Gasteiger partial charge in [0.05, 0.1) is 18.1 Å². The molecule has 3 aromatic carbocycles. The largest absolute Gasteiger partial charge is 0.485 e. The second kappa shape index (κ2) is 11.5. The van der Waals surface area contributed by atoms with Crippen LogP contribution in [0.3, 0.4) is 0 Å². The van der Waals surface area contributed by atoms with Crippen molar-refractivity contribution in [2.24, 2.45) is 0 Å². The van der Waals surface area contributed by atoms with Crippen LogP contribution in [0.25, 0.3) is 11.0 Å². The Morgan fingerprint density at radius 3 is 2.24 bits per heavy atom. The molecule has 7 rings (SSSR count). The van der Waals surface area contributed by atoms with Crippen LogP contribution in [0.2, 0.25) is 0 Å². The van der Waals surface area contributed by atoms with E-state index in [9.17, 15) is 4.79 Å². The van der Waals surface area contributed by atoms with Crippen molar-refractivity contribution in [2.45, 2.75) is 25.5 Å². The molecule has 9 heteroatoms. The van der Waals surface area contributed by atoms with E-state index in [2.05, 4.69) is 41.3 Å². The van der Waals surface area contributed by atoms with E-state index >= 15 is 0 Å². The highest BCUT2D eigenvalue weighted by molar-refractivity contribution is 5.87. The zero-order chi connectivity index (χ0) is 28.3. The first-order valence-corrected chi connectivity index (χ1v) is 14.4. The van der Waals surface area contributed by atoms with Crippen molar-refractivity contribution in [1.82, 2.24) is 24.6 Å². The van der Waals surface area contributed by atoms with E-state index < -0.39 is 6.10 Å². The summed E-state index contributed by atoms with van der Waals surface area (Å²) in [5.74, 6) is 2.91. The van der Waals surface area contributed by atoms with Gasteiger partial charge in [0.2, 0.25) is 6.10 Å². The van der Waals surface area contributed by atoms with Gasteiger partial charge in [-0.2, -0.15) is 5.10 Å². The van der Waals surface area contributed by atoms with Crippen LogP contribution >= 0.6 is 0 Å². The third-order valence-electron chi connectivity index (χ3n) is 7.85. The van der Waals surface area contributed by atoms with Gasteiger partial charge in [0.1, 0.15) is 18.2 Å². The molecule has 0 N–H and O–H groups in total. The van der Waals surface area contributed by atoms with E-state index in [1.54, 1.807) is 0 Å². The van der Waals surface area contributed by atoms with Gasteiger partial charge in [0, 0.05) is 32.6 Å². The maximum absolute atomic E-state index is 13.3. The van der Waals surface area contributed by atoms with Gasteiger partial charge in [0.25, 0.3) is 5.91 Å². The number of fused-ring (bicyclic) bond motifs is 2. The first-order valence-electron chi connectivity index (χ1n) is 14.4. The van der Waals surface area contributed by atoms with Crippen LogP contribution < -0.4 is 14.4 Å². The van der Waals surface area contributed by atoms with Crippen LogP contribution in [0.1, 0.15) is 17.0 Å². The second-order valence-electron chi connectivity index (χ2n) is 10.7. The number of hydrogen-bond acceptors (Lipinski definition) is 7. The van der Waals surface area contributed by atoms with Crippen LogP contribution in [-0.2, 0) is 24.2 Å². The SMILES string of the molecule is O=C([C@H]1COc2ccccc2O1)N1CCN(c2nc(CCc3ccccc3)nc3c2cnn3Cc2ccccc2)CC1. The lowest BCUT2D eigenvalue weighted by Gasteiger charge is -2.37. The number of nitrogens with zero attached hydrogens (tertiary/aromatic N) is 6. The minimum Gasteiger partial charge on any atom is -0.485 e. The summed E-state index contributed by atoms with van der Waals surface area (Å²) in [6, 6.07) is 28.2. The maximum Gasteiger partial charge on any atom is 0.267 e. The van der Waals surface area contributed by atoms with E-state index in [0.29, 0.717) is 44.2 Å². The Morgan fingerprint density at radius 1 is 0.786 bits per heavy atom. The third kappa shape index (κ3) is 5.37. The lowest BCUT2D eigenvalue weighted by molar-refractivity contribution is -0.141. The molecule has 1 fully saturated rings. The van der Waals surface area contributed by atoms with E-state index in [1.165, 1.54) is 5.56 Å². The lowest BCUT2D eigenvalue weighted by Crippen LogP contribution is -2.54. The number of anilines is 1. The molecule has 4 heterocycles. The summed E-state index contributed by atoms with van der Waals surface area (Å²) in [5.41, 5.74) is 3.25. The Labute approximate surface area is 244 Å². The van der Waals surface area contributed by atoms with Gasteiger partial charge in [-0.3, -0.25) is 4.79 Å².